The molecule has 0 radical (unpaired) electrons. The van der Waals surface area contributed by atoms with Crippen LogP contribution in [0.2, 0.25) is 0 Å². The van der Waals surface area contributed by atoms with Gasteiger partial charge in [-0.05, 0) is 12.2 Å². The summed E-state index contributed by atoms with van der Waals surface area (Å²) in [6.07, 6.45) is 3.92. The molecule has 0 aliphatic rings. The van der Waals surface area contributed by atoms with Crippen molar-refractivity contribution >= 4 is 23.8 Å². The number of carboxylic acid groups (broad SMARTS) is 2. The van der Waals surface area contributed by atoms with Crippen LogP contribution in [0, 0.1) is 0 Å². The van der Waals surface area contributed by atoms with Gasteiger partial charge >= 0.3 is 11.9 Å². The summed E-state index contributed by atoms with van der Waals surface area (Å²) in [4.78, 5) is 39.5. The van der Waals surface area contributed by atoms with Crippen LogP contribution in [0.4, 0.5) is 0 Å². The normalized spacial score (nSPS) is 7.24. The van der Waals surface area contributed by atoms with Crippen LogP contribution in [0.15, 0.2) is 50.6 Å². The Morgan fingerprint density at radius 3 is 1.10 bits per heavy atom. The van der Waals surface area contributed by atoms with Crippen molar-refractivity contribution in [2.45, 2.75) is 0 Å². The smallest absolute Gasteiger partial charge is 0.327 e. The number of carbonyl (C=O) groups excluding carboxylic acids is 2. The van der Waals surface area contributed by atoms with Crippen molar-refractivity contribution in [2.24, 2.45) is 0 Å². The molecule has 116 valence electrons. The van der Waals surface area contributed by atoms with Crippen LogP contribution >= 0.6 is 0 Å². The lowest BCUT2D eigenvalue weighted by Gasteiger charge is -2.01. The number of hydrogen-bond acceptors (Lipinski definition) is 4. The van der Waals surface area contributed by atoms with E-state index in [0.29, 0.717) is 0 Å². The molecule has 8 heteroatoms. The van der Waals surface area contributed by atoms with E-state index in [2.05, 4.69) is 36.9 Å². The third-order valence-electron chi connectivity index (χ3n) is 1.25. The molecule has 4 N–H and O–H groups in total. The predicted molar refractivity (Wildman–Crippen MR) is 77.2 cm³/mol. The first kappa shape index (κ1) is 23.0. The lowest BCUT2D eigenvalue weighted by molar-refractivity contribution is -0.132. The molecule has 0 rings (SSSR count). The van der Waals surface area contributed by atoms with Gasteiger partial charge < -0.3 is 20.8 Å². The van der Waals surface area contributed by atoms with E-state index >= 15 is 0 Å². The average molecular weight is 298 g/mol. The second-order valence-corrected chi connectivity index (χ2v) is 2.75. The first-order valence-corrected chi connectivity index (χ1v) is 5.26. The maximum Gasteiger partial charge on any atom is 0.327 e. The number of hydrogen-bond donors (Lipinski definition) is 4. The molecule has 2 amide bonds. The van der Waals surface area contributed by atoms with Crippen molar-refractivity contribution in [3.8, 4) is 0 Å². The molecule has 21 heavy (non-hydrogen) atoms. The largest absolute Gasteiger partial charge is 0.478 e. The van der Waals surface area contributed by atoms with Gasteiger partial charge in [0, 0.05) is 12.2 Å². The SMILES string of the molecule is C=CC(=O)NCNC(=O)C=C.C=CC(=O)O.C=CC(=O)O. The number of rotatable bonds is 6. The summed E-state index contributed by atoms with van der Waals surface area (Å²) in [6.45, 7) is 12.5. The first-order valence-electron chi connectivity index (χ1n) is 5.26. The van der Waals surface area contributed by atoms with Gasteiger partial charge in [0.2, 0.25) is 11.8 Å². The number of amides is 2. The summed E-state index contributed by atoms with van der Waals surface area (Å²) >= 11 is 0. The molecule has 0 fully saturated rings. The topological polar surface area (TPSA) is 133 Å². The van der Waals surface area contributed by atoms with E-state index in [0.717, 1.165) is 24.3 Å². The van der Waals surface area contributed by atoms with Crippen molar-refractivity contribution in [3.63, 3.8) is 0 Å². The fraction of sp³-hybridized carbons (Fsp3) is 0.0769. The van der Waals surface area contributed by atoms with Crippen LogP contribution in [0.5, 0.6) is 0 Å². The van der Waals surface area contributed by atoms with Crippen LogP contribution in [-0.4, -0.2) is 40.6 Å². The third kappa shape index (κ3) is 31.6. The monoisotopic (exact) mass is 298 g/mol. The lowest BCUT2D eigenvalue weighted by atomic mass is 10.5. The summed E-state index contributed by atoms with van der Waals surface area (Å²) in [5, 5.41) is 19.9. The van der Waals surface area contributed by atoms with Crippen LogP contribution in [0.3, 0.4) is 0 Å². The van der Waals surface area contributed by atoms with Gasteiger partial charge in [-0.1, -0.05) is 26.3 Å². The minimum absolute atomic E-state index is 0.0930. The number of nitrogens with one attached hydrogen (secondary N) is 2. The quantitative estimate of drug-likeness (QED) is 0.405. The number of aliphatic carboxylic acids is 2. The van der Waals surface area contributed by atoms with Crippen LogP contribution in [-0.2, 0) is 19.2 Å². The minimum Gasteiger partial charge on any atom is -0.478 e. The zero-order valence-corrected chi connectivity index (χ0v) is 11.4. The van der Waals surface area contributed by atoms with E-state index in [1.807, 2.05) is 0 Å². The van der Waals surface area contributed by atoms with E-state index in [1.54, 1.807) is 0 Å². The highest BCUT2D eigenvalue weighted by atomic mass is 16.4. The van der Waals surface area contributed by atoms with E-state index in [-0.39, 0.29) is 18.5 Å². The Hall–Kier alpha value is -3.16. The zero-order valence-electron chi connectivity index (χ0n) is 11.4. The highest BCUT2D eigenvalue weighted by Gasteiger charge is 1.93. The molecule has 0 unspecified atom stereocenters. The molecule has 0 aromatic heterocycles. The Kier molecular flexibility index (Phi) is 18.4. The molecule has 0 spiro atoms. The van der Waals surface area contributed by atoms with Crippen molar-refractivity contribution in [1.29, 1.82) is 0 Å². The van der Waals surface area contributed by atoms with Gasteiger partial charge in [0.1, 0.15) is 0 Å². The molecule has 0 heterocycles. The van der Waals surface area contributed by atoms with Gasteiger partial charge in [-0.3, -0.25) is 9.59 Å². The maximum absolute atomic E-state index is 10.5. The minimum atomic E-state index is -0.981. The Morgan fingerprint density at radius 2 is 0.952 bits per heavy atom. The van der Waals surface area contributed by atoms with Crippen LogP contribution in [0.1, 0.15) is 0 Å². The average Bonchev–Trinajstić information content (AvgIpc) is 2.47. The summed E-state index contributed by atoms with van der Waals surface area (Å²) in [5.74, 6) is -2.61. The molecule has 0 saturated heterocycles. The second-order valence-electron chi connectivity index (χ2n) is 2.75. The Labute approximate surface area is 122 Å². The molecule has 0 bridgehead atoms. The van der Waals surface area contributed by atoms with Gasteiger partial charge in [-0.2, -0.15) is 0 Å². The highest BCUT2D eigenvalue weighted by molar-refractivity contribution is 5.89. The van der Waals surface area contributed by atoms with Gasteiger partial charge in [-0.25, -0.2) is 9.59 Å². The Balaban J connectivity index is -0.000000270. The first-order chi connectivity index (χ1) is 9.74. The predicted octanol–water partition coefficient (Wildman–Crippen LogP) is 0.0623. The van der Waals surface area contributed by atoms with Gasteiger partial charge in [0.05, 0.1) is 6.67 Å². The van der Waals surface area contributed by atoms with E-state index in [4.69, 9.17) is 10.2 Å². The summed E-state index contributed by atoms with van der Waals surface area (Å²) in [6, 6.07) is 0. The van der Waals surface area contributed by atoms with Gasteiger partial charge in [-0.15, -0.1) is 0 Å². The van der Waals surface area contributed by atoms with Crippen LogP contribution < -0.4 is 10.6 Å². The fourth-order valence-corrected chi connectivity index (χ4v) is 0.363. The summed E-state index contributed by atoms with van der Waals surface area (Å²) in [7, 11) is 0. The fourth-order valence-electron chi connectivity index (χ4n) is 0.363. The third-order valence-corrected chi connectivity index (χ3v) is 1.25. The van der Waals surface area contributed by atoms with Gasteiger partial charge in [0.25, 0.3) is 0 Å². The van der Waals surface area contributed by atoms with E-state index in [1.165, 1.54) is 0 Å². The molecule has 0 aromatic rings. The molecular weight excluding hydrogens is 280 g/mol. The second kappa shape index (κ2) is 16.8. The van der Waals surface area contributed by atoms with E-state index < -0.39 is 11.9 Å². The van der Waals surface area contributed by atoms with Crippen molar-refractivity contribution in [3.05, 3.63) is 50.6 Å². The highest BCUT2D eigenvalue weighted by Crippen LogP contribution is 1.65. The summed E-state index contributed by atoms with van der Waals surface area (Å²) < 4.78 is 0. The molecular formula is C13H18N2O6. The molecule has 0 aromatic carbocycles. The van der Waals surface area contributed by atoms with E-state index in [9.17, 15) is 19.2 Å². The Bertz CT molecular complexity index is 377. The zero-order chi connectivity index (χ0) is 17.3. The molecule has 0 aliphatic carbocycles. The molecule has 0 aliphatic heterocycles. The van der Waals surface area contributed by atoms with Crippen molar-refractivity contribution in [1.82, 2.24) is 10.6 Å². The number of carbonyl (C=O) groups is 4. The van der Waals surface area contributed by atoms with Crippen molar-refractivity contribution < 1.29 is 29.4 Å². The molecule has 0 atom stereocenters. The Morgan fingerprint density at radius 1 is 0.714 bits per heavy atom. The molecule has 8 nitrogen and oxygen atoms in total. The summed E-state index contributed by atoms with van der Waals surface area (Å²) in [5.41, 5.74) is 0. The number of carboxylic acids is 2. The maximum atomic E-state index is 10.5. The molecule has 0 saturated carbocycles. The standard InChI is InChI=1S/C7H10N2O2.2C3H4O2/c1-3-6(10)8-5-9-7(11)4-2;2*1-2-3(4)5/h3-4H,1-2,5H2,(H,8,10)(H,9,11);2*2H,1H2,(H,4,5). The van der Waals surface area contributed by atoms with Gasteiger partial charge in [0.15, 0.2) is 0 Å². The van der Waals surface area contributed by atoms with Crippen molar-refractivity contribution in [2.75, 3.05) is 6.67 Å². The van der Waals surface area contributed by atoms with Crippen LogP contribution in [0.25, 0.3) is 0 Å². The lowest BCUT2D eigenvalue weighted by Crippen LogP contribution is -2.35.